The van der Waals surface area contributed by atoms with E-state index >= 15 is 0 Å². The van der Waals surface area contributed by atoms with Crippen LogP contribution in [0.2, 0.25) is 0 Å². The second kappa shape index (κ2) is 4.73. The van der Waals surface area contributed by atoms with Crippen LogP contribution in [0.15, 0.2) is 60.7 Å². The predicted molar refractivity (Wildman–Crippen MR) is 84.4 cm³/mol. The Morgan fingerprint density at radius 2 is 1.55 bits per heavy atom. The van der Waals surface area contributed by atoms with Crippen molar-refractivity contribution >= 4 is 10.9 Å². The topological polar surface area (TPSA) is 38.9 Å². The van der Waals surface area contributed by atoms with Crippen LogP contribution in [0.3, 0.4) is 0 Å². The molecule has 20 heavy (non-hydrogen) atoms. The number of para-hydroxylation sites is 1. The predicted octanol–water partition coefficient (Wildman–Crippen LogP) is 4.10. The molecule has 0 bridgehead atoms. The van der Waals surface area contributed by atoms with Gasteiger partial charge in [0.25, 0.3) is 0 Å². The molecule has 0 unspecified atom stereocenters. The monoisotopic (exact) mass is 262 g/mol. The average molecular weight is 262 g/mol. The van der Waals surface area contributed by atoms with Crippen LogP contribution in [0.4, 0.5) is 0 Å². The van der Waals surface area contributed by atoms with Crippen molar-refractivity contribution in [2.75, 3.05) is 0 Å². The standard InChI is InChI=1S/C18H18N2/c1-18(2,19)15-12-17(13-8-4-3-5-9-13)20-16-11-7-6-10-14(15)16/h3-12H,19H2,1-2H3. The van der Waals surface area contributed by atoms with E-state index in [4.69, 9.17) is 10.7 Å². The van der Waals surface area contributed by atoms with Crippen molar-refractivity contribution in [2.45, 2.75) is 19.4 Å². The third-order valence-corrected chi connectivity index (χ3v) is 3.48. The summed E-state index contributed by atoms with van der Waals surface area (Å²) < 4.78 is 0. The van der Waals surface area contributed by atoms with E-state index in [0.717, 1.165) is 27.7 Å². The van der Waals surface area contributed by atoms with Crippen LogP contribution in [0.1, 0.15) is 19.4 Å². The molecule has 1 heterocycles. The minimum absolute atomic E-state index is 0.397. The van der Waals surface area contributed by atoms with Crippen LogP contribution in [-0.2, 0) is 5.54 Å². The number of aromatic nitrogens is 1. The van der Waals surface area contributed by atoms with Crippen LogP contribution in [-0.4, -0.2) is 4.98 Å². The Balaban J connectivity index is 2.31. The van der Waals surface area contributed by atoms with Gasteiger partial charge in [0, 0.05) is 16.5 Å². The summed E-state index contributed by atoms with van der Waals surface area (Å²) in [6.45, 7) is 4.06. The molecule has 0 radical (unpaired) electrons. The van der Waals surface area contributed by atoms with E-state index in [1.807, 2.05) is 50.2 Å². The maximum atomic E-state index is 6.34. The normalized spacial score (nSPS) is 11.8. The van der Waals surface area contributed by atoms with Gasteiger partial charge in [-0.2, -0.15) is 0 Å². The van der Waals surface area contributed by atoms with Crippen molar-refractivity contribution in [3.8, 4) is 11.3 Å². The molecule has 2 heteroatoms. The molecule has 0 amide bonds. The molecule has 0 fully saturated rings. The Morgan fingerprint density at radius 3 is 2.25 bits per heavy atom. The van der Waals surface area contributed by atoms with Gasteiger partial charge in [0.05, 0.1) is 11.2 Å². The summed E-state index contributed by atoms with van der Waals surface area (Å²) in [5.74, 6) is 0. The van der Waals surface area contributed by atoms with Gasteiger partial charge in [-0.25, -0.2) is 4.98 Å². The van der Waals surface area contributed by atoms with Crippen molar-refractivity contribution in [2.24, 2.45) is 5.73 Å². The van der Waals surface area contributed by atoms with Gasteiger partial charge in [-0.15, -0.1) is 0 Å². The number of nitrogens with zero attached hydrogens (tertiary/aromatic N) is 1. The summed E-state index contributed by atoms with van der Waals surface area (Å²) in [7, 11) is 0. The summed E-state index contributed by atoms with van der Waals surface area (Å²) in [5.41, 5.74) is 10.1. The molecule has 2 N–H and O–H groups in total. The Bertz CT molecular complexity index is 740. The molecule has 3 rings (SSSR count). The van der Waals surface area contributed by atoms with E-state index in [1.165, 1.54) is 0 Å². The molecule has 2 aromatic carbocycles. The number of hydrogen-bond acceptors (Lipinski definition) is 2. The molecule has 0 atom stereocenters. The summed E-state index contributed by atoms with van der Waals surface area (Å²) in [4.78, 5) is 4.76. The molecule has 0 saturated heterocycles. The SMILES string of the molecule is CC(C)(N)c1cc(-c2ccccc2)nc2ccccc12. The van der Waals surface area contributed by atoms with E-state index in [9.17, 15) is 0 Å². The minimum atomic E-state index is -0.397. The zero-order valence-corrected chi connectivity index (χ0v) is 11.8. The number of pyridine rings is 1. The zero-order chi connectivity index (χ0) is 14.2. The second-order valence-corrected chi connectivity index (χ2v) is 5.66. The van der Waals surface area contributed by atoms with Crippen molar-refractivity contribution in [3.63, 3.8) is 0 Å². The maximum Gasteiger partial charge on any atom is 0.0713 e. The van der Waals surface area contributed by atoms with E-state index in [2.05, 4.69) is 24.3 Å². The van der Waals surface area contributed by atoms with Gasteiger partial charge in [0.15, 0.2) is 0 Å². The van der Waals surface area contributed by atoms with Gasteiger partial charge in [-0.05, 0) is 31.5 Å². The van der Waals surface area contributed by atoms with E-state index in [1.54, 1.807) is 0 Å². The highest BCUT2D eigenvalue weighted by molar-refractivity contribution is 5.86. The average Bonchev–Trinajstić information content (AvgIpc) is 2.46. The van der Waals surface area contributed by atoms with Crippen molar-refractivity contribution in [1.29, 1.82) is 0 Å². The third-order valence-electron chi connectivity index (χ3n) is 3.48. The molecule has 0 aliphatic carbocycles. The van der Waals surface area contributed by atoms with Crippen LogP contribution < -0.4 is 5.73 Å². The lowest BCUT2D eigenvalue weighted by atomic mass is 9.91. The first kappa shape index (κ1) is 12.8. The first-order valence-electron chi connectivity index (χ1n) is 6.80. The molecule has 100 valence electrons. The van der Waals surface area contributed by atoms with Gasteiger partial charge >= 0.3 is 0 Å². The maximum absolute atomic E-state index is 6.34. The van der Waals surface area contributed by atoms with Gasteiger partial charge in [0.2, 0.25) is 0 Å². The third kappa shape index (κ3) is 2.30. The highest BCUT2D eigenvalue weighted by atomic mass is 14.7. The highest BCUT2D eigenvalue weighted by Gasteiger charge is 2.19. The number of benzene rings is 2. The van der Waals surface area contributed by atoms with Gasteiger partial charge < -0.3 is 5.73 Å². The Kier molecular flexibility index (Phi) is 3.03. The molecule has 0 aliphatic rings. The summed E-state index contributed by atoms with van der Waals surface area (Å²) in [6.07, 6.45) is 0. The molecule has 0 saturated carbocycles. The van der Waals surface area contributed by atoms with E-state index in [0.29, 0.717) is 0 Å². The summed E-state index contributed by atoms with van der Waals surface area (Å²) >= 11 is 0. The Morgan fingerprint density at radius 1 is 0.900 bits per heavy atom. The number of rotatable bonds is 2. The quantitative estimate of drug-likeness (QED) is 0.755. The van der Waals surface area contributed by atoms with Crippen LogP contribution >= 0.6 is 0 Å². The number of nitrogens with two attached hydrogens (primary N) is 1. The molecular weight excluding hydrogens is 244 g/mol. The van der Waals surface area contributed by atoms with Crippen molar-refractivity contribution in [1.82, 2.24) is 4.98 Å². The number of fused-ring (bicyclic) bond motifs is 1. The van der Waals surface area contributed by atoms with Crippen molar-refractivity contribution < 1.29 is 0 Å². The smallest absolute Gasteiger partial charge is 0.0713 e. The molecule has 2 nitrogen and oxygen atoms in total. The largest absolute Gasteiger partial charge is 0.322 e. The van der Waals surface area contributed by atoms with Gasteiger partial charge in [0.1, 0.15) is 0 Å². The molecule has 1 aromatic heterocycles. The van der Waals surface area contributed by atoms with Crippen LogP contribution in [0, 0.1) is 0 Å². The fraction of sp³-hybridized carbons (Fsp3) is 0.167. The molecule has 0 aliphatic heterocycles. The second-order valence-electron chi connectivity index (χ2n) is 5.66. The molecule has 3 aromatic rings. The summed E-state index contributed by atoms with van der Waals surface area (Å²) in [5, 5.41) is 1.12. The fourth-order valence-corrected chi connectivity index (χ4v) is 2.47. The van der Waals surface area contributed by atoms with Crippen molar-refractivity contribution in [3.05, 3.63) is 66.2 Å². The first-order valence-corrected chi connectivity index (χ1v) is 6.80. The van der Waals surface area contributed by atoms with E-state index in [-0.39, 0.29) is 0 Å². The van der Waals surface area contributed by atoms with E-state index < -0.39 is 5.54 Å². The van der Waals surface area contributed by atoms with Gasteiger partial charge in [-0.1, -0.05) is 48.5 Å². The molecular formula is C18H18N2. The Hall–Kier alpha value is -2.19. The fourth-order valence-electron chi connectivity index (χ4n) is 2.47. The lowest BCUT2D eigenvalue weighted by Crippen LogP contribution is -2.29. The minimum Gasteiger partial charge on any atom is -0.322 e. The highest BCUT2D eigenvalue weighted by Crippen LogP contribution is 2.30. The van der Waals surface area contributed by atoms with Gasteiger partial charge in [-0.3, -0.25) is 0 Å². The van der Waals surface area contributed by atoms with Crippen LogP contribution in [0.25, 0.3) is 22.2 Å². The summed E-state index contributed by atoms with van der Waals surface area (Å²) in [6, 6.07) is 20.5. The number of hydrogen-bond donors (Lipinski definition) is 1. The zero-order valence-electron chi connectivity index (χ0n) is 11.8. The van der Waals surface area contributed by atoms with Crippen LogP contribution in [0.5, 0.6) is 0 Å². The lowest BCUT2D eigenvalue weighted by Gasteiger charge is -2.22. The lowest BCUT2D eigenvalue weighted by molar-refractivity contribution is 0.559. The first-order chi connectivity index (χ1) is 9.55. The molecule has 0 spiro atoms. The Labute approximate surface area is 119 Å².